The van der Waals surface area contributed by atoms with Gasteiger partial charge < -0.3 is 15.3 Å². The molecule has 6 rings (SSSR count). The standard InChI is InChI=1S/C22H27ClN6O2S/c23-15-10-24-20(25-11-15)29-8-2-14(3-9-29)18-26-17-16(32(31)13-21(17)6-7-21)19(27-18)28-22(12-30)4-1-5-22/h10-11,14,30H,1-9,12-13H2,(H,26,27,28). The van der Waals surface area contributed by atoms with E-state index in [0.717, 1.165) is 74.4 Å². The minimum atomic E-state index is -1.08. The number of halogens is 1. The number of nitrogens with zero attached hydrogens (tertiary/aromatic N) is 5. The van der Waals surface area contributed by atoms with Gasteiger partial charge in [0.05, 0.1) is 46.1 Å². The zero-order chi connectivity index (χ0) is 21.9. The molecule has 2 aliphatic carbocycles. The molecule has 2 saturated carbocycles. The summed E-state index contributed by atoms with van der Waals surface area (Å²) in [6.45, 7) is 1.72. The van der Waals surface area contributed by atoms with Crippen molar-refractivity contribution in [2.45, 2.75) is 66.7 Å². The number of hydrogen-bond acceptors (Lipinski definition) is 8. The van der Waals surface area contributed by atoms with Gasteiger partial charge in [-0.3, -0.25) is 4.21 Å². The van der Waals surface area contributed by atoms with Crippen LogP contribution in [0.2, 0.25) is 5.02 Å². The summed E-state index contributed by atoms with van der Waals surface area (Å²) in [5.74, 6) is 3.14. The average Bonchev–Trinajstić information content (AvgIpc) is 3.50. The molecule has 2 N–H and O–H groups in total. The normalized spacial score (nSPS) is 25.4. The number of rotatable bonds is 5. The van der Waals surface area contributed by atoms with Crippen LogP contribution in [0.4, 0.5) is 11.8 Å². The molecule has 1 atom stereocenters. The number of piperidine rings is 1. The Morgan fingerprint density at radius 2 is 1.88 bits per heavy atom. The van der Waals surface area contributed by atoms with E-state index in [-0.39, 0.29) is 23.5 Å². The zero-order valence-corrected chi connectivity index (χ0v) is 19.5. The summed E-state index contributed by atoms with van der Waals surface area (Å²) in [5.41, 5.74) is 0.648. The molecule has 0 aromatic carbocycles. The molecule has 32 heavy (non-hydrogen) atoms. The van der Waals surface area contributed by atoms with E-state index in [1.807, 2.05) is 0 Å². The molecule has 4 heterocycles. The lowest BCUT2D eigenvalue weighted by Crippen LogP contribution is -2.48. The van der Waals surface area contributed by atoms with Crippen LogP contribution in [-0.2, 0) is 16.2 Å². The zero-order valence-electron chi connectivity index (χ0n) is 17.9. The molecule has 8 nitrogen and oxygen atoms in total. The number of aromatic nitrogens is 4. The van der Waals surface area contributed by atoms with Crippen molar-refractivity contribution in [1.82, 2.24) is 19.9 Å². The quantitative estimate of drug-likeness (QED) is 0.681. The minimum absolute atomic E-state index is 0.0157. The highest BCUT2D eigenvalue weighted by Crippen LogP contribution is 2.56. The highest BCUT2D eigenvalue weighted by molar-refractivity contribution is 7.85. The van der Waals surface area contributed by atoms with Gasteiger partial charge in [0.2, 0.25) is 5.95 Å². The van der Waals surface area contributed by atoms with Gasteiger partial charge in [0.15, 0.2) is 0 Å². The summed E-state index contributed by atoms with van der Waals surface area (Å²) >= 11 is 5.92. The van der Waals surface area contributed by atoms with E-state index in [9.17, 15) is 9.32 Å². The van der Waals surface area contributed by atoms with Gasteiger partial charge in [0.1, 0.15) is 16.5 Å². The Balaban J connectivity index is 1.29. The highest BCUT2D eigenvalue weighted by atomic mass is 35.5. The molecule has 3 fully saturated rings. The summed E-state index contributed by atoms with van der Waals surface area (Å²) in [4.78, 5) is 21.6. The molecule has 1 spiro atoms. The SMILES string of the molecule is O=S1CC2(CC2)c2nc(C3CCN(c4ncc(Cl)cn4)CC3)nc(NC3(CO)CCC3)c21. The summed E-state index contributed by atoms with van der Waals surface area (Å²) in [6.07, 6.45) is 10.1. The molecule has 0 bridgehead atoms. The van der Waals surface area contributed by atoms with E-state index >= 15 is 0 Å². The smallest absolute Gasteiger partial charge is 0.225 e. The van der Waals surface area contributed by atoms with Crippen molar-refractivity contribution in [2.24, 2.45) is 0 Å². The van der Waals surface area contributed by atoms with Crippen molar-refractivity contribution in [3.05, 3.63) is 28.9 Å². The number of fused-ring (bicyclic) bond motifs is 2. The molecule has 2 aromatic heterocycles. The molecular weight excluding hydrogens is 448 g/mol. The Morgan fingerprint density at radius 1 is 1.16 bits per heavy atom. The minimum Gasteiger partial charge on any atom is -0.394 e. The predicted octanol–water partition coefficient (Wildman–Crippen LogP) is 2.78. The first-order valence-electron chi connectivity index (χ1n) is 11.4. The van der Waals surface area contributed by atoms with Gasteiger partial charge in [-0.25, -0.2) is 19.9 Å². The number of aliphatic hydroxyl groups excluding tert-OH is 1. The van der Waals surface area contributed by atoms with Crippen molar-refractivity contribution in [1.29, 1.82) is 0 Å². The van der Waals surface area contributed by atoms with Crippen molar-refractivity contribution < 1.29 is 9.32 Å². The van der Waals surface area contributed by atoms with Crippen LogP contribution in [0.1, 0.15) is 62.4 Å². The Kier molecular flexibility index (Phi) is 4.93. The van der Waals surface area contributed by atoms with Crippen LogP contribution in [0.3, 0.4) is 0 Å². The lowest BCUT2D eigenvalue weighted by Gasteiger charge is -2.41. The van der Waals surface area contributed by atoms with E-state index in [0.29, 0.717) is 22.5 Å². The molecule has 2 aromatic rings. The van der Waals surface area contributed by atoms with Gasteiger partial charge in [-0.1, -0.05) is 11.6 Å². The molecule has 0 radical (unpaired) electrons. The number of anilines is 2. The number of nitrogens with one attached hydrogen (secondary N) is 1. The summed E-state index contributed by atoms with van der Waals surface area (Å²) in [5, 5.41) is 14.0. The van der Waals surface area contributed by atoms with Crippen LogP contribution < -0.4 is 10.2 Å². The fourth-order valence-electron chi connectivity index (χ4n) is 5.22. The van der Waals surface area contributed by atoms with Crippen LogP contribution in [-0.4, -0.2) is 60.2 Å². The van der Waals surface area contributed by atoms with Gasteiger partial charge in [0.25, 0.3) is 0 Å². The second-order valence-corrected chi connectivity index (χ2v) is 11.6. The maximum absolute atomic E-state index is 13.0. The monoisotopic (exact) mass is 474 g/mol. The second kappa shape index (κ2) is 7.60. The lowest BCUT2D eigenvalue weighted by molar-refractivity contribution is 0.143. The maximum atomic E-state index is 13.0. The van der Waals surface area contributed by atoms with Gasteiger partial charge >= 0.3 is 0 Å². The Hall–Kier alpha value is -1.84. The maximum Gasteiger partial charge on any atom is 0.225 e. The van der Waals surface area contributed by atoms with Crippen molar-refractivity contribution in [3.8, 4) is 0 Å². The molecule has 1 unspecified atom stereocenters. The van der Waals surface area contributed by atoms with E-state index in [1.54, 1.807) is 12.4 Å². The first-order valence-corrected chi connectivity index (χ1v) is 13.1. The third-order valence-corrected chi connectivity index (χ3v) is 9.47. The van der Waals surface area contributed by atoms with Crippen LogP contribution >= 0.6 is 11.6 Å². The number of aliphatic hydroxyl groups is 1. The van der Waals surface area contributed by atoms with Gasteiger partial charge in [-0.15, -0.1) is 0 Å². The van der Waals surface area contributed by atoms with Gasteiger partial charge in [-0.2, -0.15) is 0 Å². The second-order valence-electron chi connectivity index (χ2n) is 9.76. The molecule has 0 amide bonds. The van der Waals surface area contributed by atoms with Gasteiger partial charge in [-0.05, 0) is 44.9 Å². The molecule has 1 saturated heterocycles. The molecule has 2 aliphatic heterocycles. The molecule has 10 heteroatoms. The van der Waals surface area contributed by atoms with Crippen LogP contribution in [0.5, 0.6) is 0 Å². The topological polar surface area (TPSA) is 104 Å². The molecular formula is C22H27ClN6O2S. The van der Waals surface area contributed by atoms with Gasteiger partial charge in [0, 0.05) is 30.2 Å². The first kappa shape index (κ1) is 20.7. The third-order valence-electron chi connectivity index (χ3n) is 7.62. The summed E-state index contributed by atoms with van der Waals surface area (Å²) in [6, 6.07) is 0. The largest absolute Gasteiger partial charge is 0.394 e. The van der Waals surface area contributed by atoms with Crippen LogP contribution in [0.25, 0.3) is 0 Å². The lowest BCUT2D eigenvalue weighted by atomic mass is 9.77. The summed E-state index contributed by atoms with van der Waals surface area (Å²) in [7, 11) is -1.08. The fraction of sp³-hybridized carbons (Fsp3) is 0.636. The fourth-order valence-corrected chi connectivity index (χ4v) is 7.18. The Bertz CT molecular complexity index is 1060. The molecule has 170 valence electrons. The van der Waals surface area contributed by atoms with E-state index in [1.165, 1.54) is 0 Å². The number of hydrogen-bond donors (Lipinski definition) is 2. The van der Waals surface area contributed by atoms with Crippen molar-refractivity contribution in [3.63, 3.8) is 0 Å². The molecule has 4 aliphatic rings. The van der Waals surface area contributed by atoms with E-state index in [4.69, 9.17) is 21.6 Å². The van der Waals surface area contributed by atoms with E-state index in [2.05, 4.69) is 20.2 Å². The predicted molar refractivity (Wildman–Crippen MR) is 123 cm³/mol. The first-order chi connectivity index (χ1) is 15.5. The van der Waals surface area contributed by atoms with Crippen LogP contribution in [0, 0.1) is 0 Å². The summed E-state index contributed by atoms with van der Waals surface area (Å²) < 4.78 is 13.0. The Labute approximate surface area is 194 Å². The average molecular weight is 475 g/mol. The van der Waals surface area contributed by atoms with Crippen molar-refractivity contribution in [2.75, 3.05) is 35.7 Å². The highest BCUT2D eigenvalue weighted by Gasteiger charge is 2.55. The van der Waals surface area contributed by atoms with E-state index < -0.39 is 10.8 Å². The van der Waals surface area contributed by atoms with Crippen LogP contribution in [0.15, 0.2) is 17.3 Å². The third kappa shape index (κ3) is 3.40. The Morgan fingerprint density at radius 3 is 2.47 bits per heavy atom. The van der Waals surface area contributed by atoms with Crippen molar-refractivity contribution >= 4 is 34.2 Å².